The van der Waals surface area contributed by atoms with Crippen molar-refractivity contribution in [1.82, 2.24) is 0 Å². The summed E-state index contributed by atoms with van der Waals surface area (Å²) in [7, 11) is -3.49. The summed E-state index contributed by atoms with van der Waals surface area (Å²) < 4.78 is 37.9. The molecule has 2 fully saturated rings. The zero-order valence-electron chi connectivity index (χ0n) is 19.8. The molecule has 4 unspecified atom stereocenters. The van der Waals surface area contributed by atoms with Gasteiger partial charge in [0.25, 0.3) is 0 Å². The third kappa shape index (κ3) is 4.24. The maximum Gasteiger partial charge on any atom is 0.232 e. The van der Waals surface area contributed by atoms with Gasteiger partial charge in [0.05, 0.1) is 18.5 Å². The summed E-state index contributed by atoms with van der Waals surface area (Å²) in [5.74, 6) is 1.99. The van der Waals surface area contributed by atoms with Crippen LogP contribution < -0.4 is 4.31 Å². The molecular formula is C25H37NO5S. The van der Waals surface area contributed by atoms with Gasteiger partial charge in [0.1, 0.15) is 5.78 Å². The molecule has 0 aromatic heterocycles. The summed E-state index contributed by atoms with van der Waals surface area (Å²) in [5.41, 5.74) is 3.14. The topological polar surface area (TPSA) is 72.9 Å². The van der Waals surface area contributed by atoms with Crippen molar-refractivity contribution in [2.45, 2.75) is 71.5 Å². The second-order valence-corrected chi connectivity index (χ2v) is 11.8. The Hall–Kier alpha value is -1.44. The first-order valence-electron chi connectivity index (χ1n) is 12.1. The molecule has 32 heavy (non-hydrogen) atoms. The molecule has 0 N–H and O–H groups in total. The fourth-order valence-electron chi connectivity index (χ4n) is 6.59. The molecule has 2 saturated carbocycles. The van der Waals surface area contributed by atoms with Gasteiger partial charge < -0.3 is 9.47 Å². The van der Waals surface area contributed by atoms with Crippen LogP contribution in [-0.4, -0.2) is 46.5 Å². The molecule has 4 atom stereocenters. The summed E-state index contributed by atoms with van der Waals surface area (Å²) in [6.45, 7) is 6.99. The molecule has 3 aliphatic rings. The first kappa shape index (κ1) is 23.7. The number of rotatable bonds is 8. The summed E-state index contributed by atoms with van der Waals surface area (Å²) in [6, 6.07) is 6.12. The third-order valence-corrected chi connectivity index (χ3v) is 9.29. The number of anilines is 1. The molecule has 1 aromatic rings. The van der Waals surface area contributed by atoms with Crippen LogP contribution in [0.25, 0.3) is 0 Å². The number of hydrogen-bond donors (Lipinski definition) is 0. The van der Waals surface area contributed by atoms with Gasteiger partial charge in [0.2, 0.25) is 10.0 Å². The van der Waals surface area contributed by atoms with Gasteiger partial charge in [-0.3, -0.25) is 9.10 Å². The number of carbonyl (C=O) groups excluding carboxylic acids is 1. The minimum atomic E-state index is -3.49. The Bertz CT molecular complexity index is 955. The number of sulfonamides is 1. The van der Waals surface area contributed by atoms with Crippen molar-refractivity contribution in [3.63, 3.8) is 0 Å². The van der Waals surface area contributed by atoms with Crippen LogP contribution in [0.3, 0.4) is 0 Å². The van der Waals surface area contributed by atoms with Crippen molar-refractivity contribution in [2.24, 2.45) is 17.3 Å². The van der Waals surface area contributed by atoms with E-state index in [9.17, 15) is 13.2 Å². The average molecular weight is 464 g/mol. The molecular weight excluding hydrogens is 426 g/mol. The van der Waals surface area contributed by atoms with E-state index in [2.05, 4.69) is 19.1 Å². The Morgan fingerprint density at radius 1 is 1.12 bits per heavy atom. The van der Waals surface area contributed by atoms with Crippen molar-refractivity contribution in [3.05, 3.63) is 29.3 Å². The fourth-order valence-corrected chi connectivity index (χ4v) is 7.48. The molecule has 4 rings (SSSR count). The Morgan fingerprint density at radius 3 is 2.50 bits per heavy atom. The van der Waals surface area contributed by atoms with Crippen molar-refractivity contribution < 1.29 is 22.7 Å². The summed E-state index contributed by atoms with van der Waals surface area (Å²) in [6.07, 6.45) is 6.42. The quantitative estimate of drug-likeness (QED) is 0.538. The number of Topliss-reactive ketones (excluding diaryl/α,β-unsaturated/α-hetero) is 1. The maximum absolute atomic E-state index is 12.6. The second kappa shape index (κ2) is 9.07. The Morgan fingerprint density at radius 2 is 1.84 bits per heavy atom. The lowest BCUT2D eigenvalue weighted by Gasteiger charge is -2.48. The highest BCUT2D eigenvalue weighted by atomic mass is 32.2. The molecule has 178 valence electrons. The molecule has 0 amide bonds. The third-order valence-electron chi connectivity index (χ3n) is 8.13. The van der Waals surface area contributed by atoms with Crippen LogP contribution in [0.4, 0.5) is 5.69 Å². The molecule has 1 aromatic carbocycles. The van der Waals surface area contributed by atoms with Crippen LogP contribution in [0.5, 0.6) is 0 Å². The Kier molecular flexibility index (Phi) is 6.72. The largest absolute Gasteiger partial charge is 0.351 e. The van der Waals surface area contributed by atoms with E-state index < -0.39 is 16.3 Å². The minimum absolute atomic E-state index is 0.126. The van der Waals surface area contributed by atoms with Crippen molar-refractivity contribution >= 4 is 21.5 Å². The summed E-state index contributed by atoms with van der Waals surface area (Å²) in [5, 5.41) is 0. The lowest BCUT2D eigenvalue weighted by Crippen LogP contribution is -2.42. The lowest BCUT2D eigenvalue weighted by molar-refractivity contribution is -0.129. The van der Waals surface area contributed by atoms with E-state index >= 15 is 0 Å². The average Bonchev–Trinajstić information content (AvgIpc) is 3.05. The van der Waals surface area contributed by atoms with Crippen molar-refractivity contribution in [1.29, 1.82) is 0 Å². The highest BCUT2D eigenvalue weighted by molar-refractivity contribution is 7.92. The van der Waals surface area contributed by atoms with Crippen LogP contribution >= 0.6 is 0 Å². The van der Waals surface area contributed by atoms with Gasteiger partial charge in [-0.05, 0) is 87.0 Å². The zero-order chi connectivity index (χ0) is 23.1. The van der Waals surface area contributed by atoms with E-state index in [1.54, 1.807) is 0 Å². The molecule has 0 heterocycles. The molecule has 0 saturated heterocycles. The van der Waals surface area contributed by atoms with Gasteiger partial charge in [0, 0.05) is 25.0 Å². The Labute approximate surface area is 192 Å². The normalized spacial score (nSPS) is 29.5. The second-order valence-electron chi connectivity index (χ2n) is 9.85. The van der Waals surface area contributed by atoms with Crippen LogP contribution in [0.1, 0.15) is 69.9 Å². The number of aryl methyl sites for hydroxylation is 1. The number of hydrogen-bond acceptors (Lipinski definition) is 5. The zero-order valence-corrected chi connectivity index (χ0v) is 20.6. The van der Waals surface area contributed by atoms with Crippen molar-refractivity contribution in [3.8, 4) is 0 Å². The van der Waals surface area contributed by atoms with Gasteiger partial charge in [-0.15, -0.1) is 0 Å². The number of nitrogens with zero attached hydrogens (tertiary/aromatic N) is 1. The SMILES string of the molecule is CCOC(CN(c1ccc2c(c1)CCC1C2CCC2(C)C(=O)CCC12)S(C)(=O)=O)OCC. The van der Waals surface area contributed by atoms with E-state index in [0.717, 1.165) is 38.5 Å². The van der Waals surface area contributed by atoms with Gasteiger partial charge in [-0.1, -0.05) is 13.0 Å². The smallest absolute Gasteiger partial charge is 0.232 e. The van der Waals surface area contributed by atoms with Gasteiger partial charge in [-0.25, -0.2) is 8.42 Å². The minimum Gasteiger partial charge on any atom is -0.351 e. The number of carbonyl (C=O) groups is 1. The summed E-state index contributed by atoms with van der Waals surface area (Å²) >= 11 is 0. The van der Waals surface area contributed by atoms with E-state index in [1.807, 2.05) is 19.9 Å². The predicted molar refractivity (Wildman–Crippen MR) is 125 cm³/mol. The van der Waals surface area contributed by atoms with Crippen LogP contribution in [0, 0.1) is 17.3 Å². The van der Waals surface area contributed by atoms with E-state index in [1.165, 1.54) is 21.7 Å². The van der Waals surface area contributed by atoms with Gasteiger partial charge >= 0.3 is 0 Å². The van der Waals surface area contributed by atoms with Crippen LogP contribution in [0.2, 0.25) is 0 Å². The standard InChI is InChI=1S/C25H37NO5S/c1-5-30-24(31-6-2)16-26(32(4,28)29)18-8-10-19-17(15-18)7-9-21-20(19)13-14-25(3)22(21)11-12-23(25)27/h8,10,15,20-22,24H,5-7,9,11-14,16H2,1-4H3. The molecule has 0 radical (unpaired) electrons. The maximum atomic E-state index is 12.6. The van der Waals surface area contributed by atoms with E-state index in [4.69, 9.17) is 9.47 Å². The van der Waals surface area contributed by atoms with Gasteiger partial charge in [-0.2, -0.15) is 0 Å². The molecule has 3 aliphatic carbocycles. The highest BCUT2D eigenvalue weighted by Crippen LogP contribution is 2.59. The monoisotopic (exact) mass is 463 g/mol. The number of ketones is 1. The molecule has 0 spiro atoms. The van der Waals surface area contributed by atoms with Gasteiger partial charge in [0.15, 0.2) is 6.29 Å². The van der Waals surface area contributed by atoms with E-state index in [0.29, 0.717) is 42.4 Å². The highest BCUT2D eigenvalue weighted by Gasteiger charge is 2.54. The fraction of sp³-hybridized carbons (Fsp3) is 0.720. The summed E-state index contributed by atoms with van der Waals surface area (Å²) in [4.78, 5) is 12.6. The number of benzene rings is 1. The number of fused-ring (bicyclic) bond motifs is 5. The first-order valence-corrected chi connectivity index (χ1v) is 13.9. The first-order chi connectivity index (χ1) is 15.2. The predicted octanol–water partition coefficient (Wildman–Crippen LogP) is 4.28. The van der Waals surface area contributed by atoms with Crippen LogP contribution in [0.15, 0.2) is 18.2 Å². The number of ether oxygens (including phenoxy) is 2. The molecule has 7 heteroatoms. The van der Waals surface area contributed by atoms with E-state index in [-0.39, 0.29) is 12.0 Å². The van der Waals surface area contributed by atoms with Crippen LogP contribution in [-0.2, 0) is 30.7 Å². The lowest BCUT2D eigenvalue weighted by atomic mass is 9.55. The molecule has 6 nitrogen and oxygen atoms in total. The molecule has 0 bridgehead atoms. The van der Waals surface area contributed by atoms with Crippen molar-refractivity contribution in [2.75, 3.05) is 30.3 Å². The molecule has 0 aliphatic heterocycles. The Balaban J connectivity index is 1.61.